The number of fused-ring (bicyclic) bond motifs is 1. The molecule has 4 heteroatoms. The molecule has 0 saturated heterocycles. The molecule has 0 bridgehead atoms. The zero-order chi connectivity index (χ0) is 13.0. The number of hydrogen-bond acceptors (Lipinski definition) is 3. The van der Waals surface area contributed by atoms with Gasteiger partial charge in [-0.2, -0.15) is 5.26 Å². The minimum Gasteiger partial charge on any atom is -0.493 e. The van der Waals surface area contributed by atoms with Crippen molar-refractivity contribution >= 4 is 15.9 Å². The standard InChI is InChI=1S/C14H17BrN2O/c1-10(8-16)9-17-13-3-2-6-18-14-7-11(15)4-5-12(13)14/h4-5,7,10,13,17H,2-3,6,9H2,1H3. The van der Waals surface area contributed by atoms with Crippen LogP contribution in [0.2, 0.25) is 0 Å². The Morgan fingerprint density at radius 3 is 3.22 bits per heavy atom. The zero-order valence-corrected chi connectivity index (χ0v) is 12.0. The largest absolute Gasteiger partial charge is 0.493 e. The molecule has 1 aliphatic rings. The van der Waals surface area contributed by atoms with Crippen LogP contribution in [0.4, 0.5) is 0 Å². The fraction of sp³-hybridized carbons (Fsp3) is 0.500. The van der Waals surface area contributed by atoms with E-state index in [1.807, 2.05) is 19.1 Å². The lowest BCUT2D eigenvalue weighted by Crippen LogP contribution is -2.25. The van der Waals surface area contributed by atoms with E-state index in [1.165, 1.54) is 5.56 Å². The summed E-state index contributed by atoms with van der Waals surface area (Å²) in [5.74, 6) is 0.983. The van der Waals surface area contributed by atoms with Gasteiger partial charge in [-0.3, -0.25) is 0 Å². The van der Waals surface area contributed by atoms with E-state index in [1.54, 1.807) is 0 Å². The van der Waals surface area contributed by atoms with Crippen LogP contribution in [0.1, 0.15) is 31.4 Å². The Labute approximate surface area is 116 Å². The molecule has 1 aromatic rings. The fourth-order valence-electron chi connectivity index (χ4n) is 2.12. The van der Waals surface area contributed by atoms with Crippen molar-refractivity contribution in [3.63, 3.8) is 0 Å². The van der Waals surface area contributed by atoms with Crippen LogP contribution in [0.5, 0.6) is 5.75 Å². The Morgan fingerprint density at radius 2 is 2.44 bits per heavy atom. The van der Waals surface area contributed by atoms with Gasteiger partial charge in [0.15, 0.2) is 0 Å². The molecule has 1 aliphatic heterocycles. The van der Waals surface area contributed by atoms with E-state index in [9.17, 15) is 0 Å². The monoisotopic (exact) mass is 308 g/mol. The van der Waals surface area contributed by atoms with Gasteiger partial charge in [-0.25, -0.2) is 0 Å². The molecule has 2 unspecified atom stereocenters. The van der Waals surface area contributed by atoms with Gasteiger partial charge in [-0.05, 0) is 31.9 Å². The fourth-order valence-corrected chi connectivity index (χ4v) is 2.46. The minimum atomic E-state index is 0.0352. The highest BCUT2D eigenvalue weighted by molar-refractivity contribution is 9.10. The van der Waals surface area contributed by atoms with Crippen molar-refractivity contribution in [2.45, 2.75) is 25.8 Å². The number of nitriles is 1. The molecule has 0 spiro atoms. The van der Waals surface area contributed by atoms with Crippen LogP contribution >= 0.6 is 15.9 Å². The maximum atomic E-state index is 8.83. The number of ether oxygens (including phenoxy) is 1. The third-order valence-electron chi connectivity index (χ3n) is 3.14. The first kappa shape index (κ1) is 13.4. The van der Waals surface area contributed by atoms with E-state index in [4.69, 9.17) is 10.00 Å². The Kier molecular flexibility index (Phi) is 4.62. The summed E-state index contributed by atoms with van der Waals surface area (Å²) in [5.41, 5.74) is 1.20. The van der Waals surface area contributed by atoms with Gasteiger partial charge in [0.05, 0.1) is 18.6 Å². The minimum absolute atomic E-state index is 0.0352. The van der Waals surface area contributed by atoms with Crippen LogP contribution in [0, 0.1) is 17.2 Å². The molecule has 2 rings (SSSR count). The van der Waals surface area contributed by atoms with Crippen LogP contribution in [0.25, 0.3) is 0 Å². The summed E-state index contributed by atoms with van der Waals surface area (Å²) in [5, 5.41) is 12.3. The molecule has 0 radical (unpaired) electrons. The quantitative estimate of drug-likeness (QED) is 0.930. The van der Waals surface area contributed by atoms with Gasteiger partial charge in [0.1, 0.15) is 5.75 Å². The van der Waals surface area contributed by atoms with Gasteiger partial charge < -0.3 is 10.1 Å². The van der Waals surface area contributed by atoms with Crippen LogP contribution in [0.15, 0.2) is 22.7 Å². The van der Waals surface area contributed by atoms with Crippen molar-refractivity contribution < 1.29 is 4.74 Å². The van der Waals surface area contributed by atoms with Gasteiger partial charge in [0, 0.05) is 22.6 Å². The van der Waals surface area contributed by atoms with E-state index in [0.29, 0.717) is 0 Å². The van der Waals surface area contributed by atoms with Crippen molar-refractivity contribution in [2.24, 2.45) is 5.92 Å². The van der Waals surface area contributed by atoms with Crippen molar-refractivity contribution in [3.8, 4) is 11.8 Å². The third kappa shape index (κ3) is 3.24. The Hall–Kier alpha value is -1.05. The number of hydrogen-bond donors (Lipinski definition) is 1. The van der Waals surface area contributed by atoms with E-state index < -0.39 is 0 Å². The van der Waals surface area contributed by atoms with Gasteiger partial charge in [0.2, 0.25) is 0 Å². The molecule has 0 aromatic heterocycles. The summed E-state index contributed by atoms with van der Waals surface area (Å²) in [7, 11) is 0. The third-order valence-corrected chi connectivity index (χ3v) is 3.63. The molecular weight excluding hydrogens is 292 g/mol. The van der Waals surface area contributed by atoms with E-state index in [2.05, 4.69) is 33.4 Å². The summed E-state index contributed by atoms with van der Waals surface area (Å²) < 4.78 is 6.79. The Bertz CT molecular complexity index is 456. The molecule has 96 valence electrons. The second kappa shape index (κ2) is 6.21. The molecule has 18 heavy (non-hydrogen) atoms. The average molecular weight is 309 g/mol. The predicted molar refractivity (Wildman–Crippen MR) is 74.4 cm³/mol. The lowest BCUT2D eigenvalue weighted by Gasteiger charge is -2.19. The molecule has 0 saturated carbocycles. The molecule has 1 heterocycles. The van der Waals surface area contributed by atoms with Gasteiger partial charge >= 0.3 is 0 Å². The molecule has 2 atom stereocenters. The van der Waals surface area contributed by atoms with Crippen LogP contribution in [-0.2, 0) is 0 Å². The summed E-state index contributed by atoms with van der Waals surface area (Å²) >= 11 is 3.47. The van der Waals surface area contributed by atoms with Gasteiger partial charge in [0.25, 0.3) is 0 Å². The number of halogens is 1. The lowest BCUT2D eigenvalue weighted by molar-refractivity contribution is 0.315. The highest BCUT2D eigenvalue weighted by Crippen LogP contribution is 2.33. The Balaban J connectivity index is 2.14. The molecule has 1 aromatic carbocycles. The summed E-state index contributed by atoms with van der Waals surface area (Å²) in [6, 6.07) is 8.69. The number of benzene rings is 1. The second-order valence-electron chi connectivity index (χ2n) is 4.66. The average Bonchev–Trinajstić information content (AvgIpc) is 2.57. The SMILES string of the molecule is CC(C#N)CNC1CCCOc2cc(Br)ccc21. The normalized spacial score (nSPS) is 20.2. The van der Waals surface area contributed by atoms with Crippen LogP contribution < -0.4 is 10.1 Å². The Morgan fingerprint density at radius 1 is 1.61 bits per heavy atom. The van der Waals surface area contributed by atoms with Crippen molar-refractivity contribution in [2.75, 3.05) is 13.2 Å². The van der Waals surface area contributed by atoms with Crippen LogP contribution in [-0.4, -0.2) is 13.2 Å². The molecule has 0 aliphatic carbocycles. The van der Waals surface area contributed by atoms with Crippen molar-refractivity contribution in [3.05, 3.63) is 28.2 Å². The number of rotatable bonds is 3. The smallest absolute Gasteiger partial charge is 0.125 e. The molecule has 0 fully saturated rings. The summed E-state index contributed by atoms with van der Waals surface area (Å²) in [6.07, 6.45) is 2.08. The molecule has 0 amide bonds. The van der Waals surface area contributed by atoms with E-state index in [0.717, 1.165) is 36.2 Å². The first-order valence-electron chi connectivity index (χ1n) is 6.26. The topological polar surface area (TPSA) is 45.0 Å². The first-order valence-corrected chi connectivity index (χ1v) is 7.05. The van der Waals surface area contributed by atoms with E-state index in [-0.39, 0.29) is 12.0 Å². The number of nitrogens with zero attached hydrogens (tertiary/aromatic N) is 1. The summed E-state index contributed by atoms with van der Waals surface area (Å²) in [4.78, 5) is 0. The predicted octanol–water partition coefficient (Wildman–Crippen LogP) is 3.41. The van der Waals surface area contributed by atoms with Gasteiger partial charge in [-0.1, -0.05) is 22.0 Å². The highest BCUT2D eigenvalue weighted by Gasteiger charge is 2.19. The zero-order valence-electron chi connectivity index (χ0n) is 10.4. The highest BCUT2D eigenvalue weighted by atomic mass is 79.9. The van der Waals surface area contributed by atoms with Crippen LogP contribution in [0.3, 0.4) is 0 Å². The lowest BCUT2D eigenvalue weighted by atomic mass is 10.0. The molecule has 1 N–H and O–H groups in total. The van der Waals surface area contributed by atoms with E-state index >= 15 is 0 Å². The van der Waals surface area contributed by atoms with Crippen molar-refractivity contribution in [1.82, 2.24) is 5.32 Å². The maximum Gasteiger partial charge on any atom is 0.125 e. The second-order valence-corrected chi connectivity index (χ2v) is 5.58. The molecular formula is C14H17BrN2O. The van der Waals surface area contributed by atoms with Gasteiger partial charge in [-0.15, -0.1) is 0 Å². The first-order chi connectivity index (χ1) is 8.70. The molecule has 3 nitrogen and oxygen atoms in total. The maximum absolute atomic E-state index is 8.83. The summed E-state index contributed by atoms with van der Waals surface area (Å²) in [6.45, 7) is 3.41. The van der Waals surface area contributed by atoms with Crippen molar-refractivity contribution in [1.29, 1.82) is 5.26 Å². The number of nitrogens with one attached hydrogen (secondary N) is 1.